The molecule has 0 radical (unpaired) electrons. The molecule has 148 valence electrons. The van der Waals surface area contributed by atoms with Gasteiger partial charge in [-0.2, -0.15) is 5.10 Å². The van der Waals surface area contributed by atoms with Crippen molar-refractivity contribution in [1.29, 1.82) is 0 Å². The number of anilines is 1. The van der Waals surface area contributed by atoms with Crippen molar-refractivity contribution in [3.63, 3.8) is 0 Å². The fraction of sp³-hybridized carbons (Fsp3) is 0.545. The van der Waals surface area contributed by atoms with Crippen LogP contribution in [0.25, 0.3) is 5.69 Å². The van der Waals surface area contributed by atoms with E-state index in [1.807, 2.05) is 30.3 Å². The van der Waals surface area contributed by atoms with Crippen molar-refractivity contribution in [1.82, 2.24) is 9.78 Å². The third-order valence-electron chi connectivity index (χ3n) is 4.57. The Balaban J connectivity index is 2.07. The first-order chi connectivity index (χ1) is 12.8. The largest absolute Gasteiger partial charge is 0.311 e. The van der Waals surface area contributed by atoms with Crippen molar-refractivity contribution in [3.05, 3.63) is 41.0 Å². The van der Waals surface area contributed by atoms with E-state index in [2.05, 4.69) is 33.0 Å². The van der Waals surface area contributed by atoms with Crippen molar-refractivity contribution in [3.8, 4) is 5.69 Å². The van der Waals surface area contributed by atoms with E-state index in [9.17, 15) is 4.79 Å². The first-order valence-corrected chi connectivity index (χ1v) is 10.4. The highest BCUT2D eigenvalue weighted by atomic mass is 35.5. The zero-order valence-electron chi connectivity index (χ0n) is 17.0. The van der Waals surface area contributed by atoms with Gasteiger partial charge in [-0.1, -0.05) is 71.4 Å². The van der Waals surface area contributed by atoms with Crippen LogP contribution in [0, 0.1) is 0 Å². The van der Waals surface area contributed by atoms with E-state index in [1.54, 1.807) is 4.68 Å². The van der Waals surface area contributed by atoms with Gasteiger partial charge >= 0.3 is 0 Å². The molecule has 0 fully saturated rings. The Kier molecular flexibility index (Phi) is 7.91. The van der Waals surface area contributed by atoms with Crippen LogP contribution < -0.4 is 5.32 Å². The number of nitrogens with zero attached hydrogens (tertiary/aromatic N) is 2. The van der Waals surface area contributed by atoms with Crippen LogP contribution in [-0.4, -0.2) is 15.7 Å². The minimum atomic E-state index is -0.101. The first-order valence-electron chi connectivity index (χ1n) is 9.97. The minimum Gasteiger partial charge on any atom is -0.311 e. The standard InChI is InChI=1S/C22H32ClN3O/c1-5-6-7-8-9-10-11-21(27)24-20-16-19(22(2,3)4)25-26(20)18-14-12-17(23)13-15-18/h12-16H,5-11H2,1-4H3,(H,24,27). The van der Waals surface area contributed by atoms with Crippen LogP contribution in [0.15, 0.2) is 30.3 Å². The molecule has 0 bridgehead atoms. The lowest BCUT2D eigenvalue weighted by molar-refractivity contribution is -0.116. The number of rotatable bonds is 9. The van der Waals surface area contributed by atoms with Crippen LogP contribution in [0.5, 0.6) is 0 Å². The van der Waals surface area contributed by atoms with Gasteiger partial charge < -0.3 is 5.32 Å². The number of aromatic nitrogens is 2. The monoisotopic (exact) mass is 389 g/mol. The van der Waals surface area contributed by atoms with Gasteiger partial charge in [0.05, 0.1) is 11.4 Å². The van der Waals surface area contributed by atoms with E-state index in [0.717, 1.165) is 24.2 Å². The van der Waals surface area contributed by atoms with E-state index in [0.29, 0.717) is 17.3 Å². The van der Waals surface area contributed by atoms with Gasteiger partial charge in [-0.25, -0.2) is 4.68 Å². The summed E-state index contributed by atoms with van der Waals surface area (Å²) in [6.07, 6.45) is 7.57. The van der Waals surface area contributed by atoms with Crippen LogP contribution in [0.3, 0.4) is 0 Å². The molecule has 2 rings (SSSR count). The van der Waals surface area contributed by atoms with E-state index in [-0.39, 0.29) is 11.3 Å². The molecule has 0 atom stereocenters. The molecule has 1 N–H and O–H groups in total. The Morgan fingerprint density at radius 1 is 1.07 bits per heavy atom. The maximum atomic E-state index is 12.4. The number of carbonyl (C=O) groups excluding carboxylic acids is 1. The van der Waals surface area contributed by atoms with Gasteiger partial charge in [0.2, 0.25) is 5.91 Å². The molecule has 0 saturated heterocycles. The molecule has 0 aliphatic heterocycles. The van der Waals surface area contributed by atoms with Crippen molar-refractivity contribution >= 4 is 23.3 Å². The lowest BCUT2D eigenvalue weighted by Gasteiger charge is -2.14. The van der Waals surface area contributed by atoms with Crippen molar-refractivity contribution in [2.75, 3.05) is 5.32 Å². The zero-order valence-corrected chi connectivity index (χ0v) is 17.8. The van der Waals surface area contributed by atoms with E-state index in [1.165, 1.54) is 25.7 Å². The van der Waals surface area contributed by atoms with Crippen LogP contribution in [-0.2, 0) is 10.2 Å². The summed E-state index contributed by atoms with van der Waals surface area (Å²) in [4.78, 5) is 12.4. The molecule has 0 spiro atoms. The van der Waals surface area contributed by atoms with Gasteiger partial charge in [0.1, 0.15) is 5.82 Å². The lowest BCUT2D eigenvalue weighted by Crippen LogP contribution is -2.14. The topological polar surface area (TPSA) is 46.9 Å². The number of unbranched alkanes of at least 4 members (excludes halogenated alkanes) is 5. The minimum absolute atomic E-state index is 0.0427. The van der Waals surface area contributed by atoms with Crippen molar-refractivity contribution in [2.24, 2.45) is 0 Å². The summed E-state index contributed by atoms with van der Waals surface area (Å²) < 4.78 is 1.79. The van der Waals surface area contributed by atoms with E-state index < -0.39 is 0 Å². The lowest BCUT2D eigenvalue weighted by atomic mass is 9.92. The first kappa shape index (κ1) is 21.5. The average Bonchev–Trinajstić information content (AvgIpc) is 3.03. The van der Waals surface area contributed by atoms with Crippen LogP contribution >= 0.6 is 11.6 Å². The van der Waals surface area contributed by atoms with Gasteiger partial charge in [-0.05, 0) is 30.7 Å². The molecule has 0 aliphatic rings. The fourth-order valence-electron chi connectivity index (χ4n) is 2.89. The third kappa shape index (κ3) is 6.69. The van der Waals surface area contributed by atoms with Gasteiger partial charge in [0, 0.05) is 22.9 Å². The highest BCUT2D eigenvalue weighted by molar-refractivity contribution is 6.30. The number of amides is 1. The molecular formula is C22H32ClN3O. The Labute approximate surface area is 168 Å². The normalized spacial score (nSPS) is 11.6. The molecule has 0 saturated carbocycles. The summed E-state index contributed by atoms with van der Waals surface area (Å²) in [5.41, 5.74) is 1.72. The Bertz CT molecular complexity index is 729. The highest BCUT2D eigenvalue weighted by Gasteiger charge is 2.21. The number of carbonyl (C=O) groups is 1. The number of hydrogen-bond donors (Lipinski definition) is 1. The molecule has 2 aromatic rings. The summed E-state index contributed by atoms with van der Waals surface area (Å²) in [6.45, 7) is 8.55. The fourth-order valence-corrected chi connectivity index (χ4v) is 3.01. The molecule has 1 heterocycles. The van der Waals surface area contributed by atoms with E-state index >= 15 is 0 Å². The molecule has 1 aromatic carbocycles. The second-order valence-electron chi connectivity index (χ2n) is 8.12. The zero-order chi connectivity index (χ0) is 19.9. The predicted molar refractivity (Wildman–Crippen MR) is 114 cm³/mol. The SMILES string of the molecule is CCCCCCCCC(=O)Nc1cc(C(C)(C)C)nn1-c1ccc(Cl)cc1. The van der Waals surface area contributed by atoms with Gasteiger partial charge in [0.25, 0.3) is 0 Å². The summed E-state index contributed by atoms with van der Waals surface area (Å²) in [5.74, 6) is 0.749. The predicted octanol–water partition coefficient (Wildman–Crippen LogP) is 6.51. The highest BCUT2D eigenvalue weighted by Crippen LogP contribution is 2.27. The number of halogens is 1. The summed E-state index contributed by atoms with van der Waals surface area (Å²) in [7, 11) is 0. The van der Waals surface area contributed by atoms with Crippen molar-refractivity contribution in [2.45, 2.75) is 78.1 Å². The van der Waals surface area contributed by atoms with Gasteiger partial charge in [-0.3, -0.25) is 4.79 Å². The smallest absolute Gasteiger partial charge is 0.225 e. The number of nitrogens with one attached hydrogen (secondary N) is 1. The van der Waals surface area contributed by atoms with E-state index in [4.69, 9.17) is 16.7 Å². The van der Waals surface area contributed by atoms with Crippen LogP contribution in [0.1, 0.15) is 78.3 Å². The molecule has 1 aromatic heterocycles. The molecule has 0 unspecified atom stereocenters. The Morgan fingerprint density at radius 2 is 1.70 bits per heavy atom. The molecule has 5 heteroatoms. The molecule has 1 amide bonds. The second kappa shape index (κ2) is 9.93. The van der Waals surface area contributed by atoms with Crippen LogP contribution in [0.4, 0.5) is 5.82 Å². The maximum Gasteiger partial charge on any atom is 0.225 e. The summed E-state index contributed by atoms with van der Waals surface area (Å²) >= 11 is 6.00. The van der Waals surface area contributed by atoms with Gasteiger partial charge in [-0.15, -0.1) is 0 Å². The molecule has 4 nitrogen and oxygen atoms in total. The average molecular weight is 390 g/mol. The Morgan fingerprint density at radius 3 is 2.33 bits per heavy atom. The summed E-state index contributed by atoms with van der Waals surface area (Å²) in [6, 6.07) is 9.44. The number of benzene rings is 1. The quantitative estimate of drug-likeness (QED) is 0.496. The molecular weight excluding hydrogens is 358 g/mol. The van der Waals surface area contributed by atoms with Crippen LogP contribution in [0.2, 0.25) is 5.02 Å². The second-order valence-corrected chi connectivity index (χ2v) is 8.56. The van der Waals surface area contributed by atoms with Crippen molar-refractivity contribution < 1.29 is 4.79 Å². The molecule has 0 aliphatic carbocycles. The Hall–Kier alpha value is -1.81. The summed E-state index contributed by atoms with van der Waals surface area (Å²) in [5, 5.41) is 8.45. The number of hydrogen-bond acceptors (Lipinski definition) is 2. The maximum absolute atomic E-state index is 12.4. The van der Waals surface area contributed by atoms with Gasteiger partial charge in [0.15, 0.2) is 0 Å². The third-order valence-corrected chi connectivity index (χ3v) is 4.83. The molecule has 27 heavy (non-hydrogen) atoms.